The van der Waals surface area contributed by atoms with Gasteiger partial charge in [0.15, 0.2) is 10.6 Å². The minimum Gasteiger partial charge on any atom is -0.459 e. The van der Waals surface area contributed by atoms with Gasteiger partial charge in [-0.3, -0.25) is 14.5 Å². The molecule has 0 bridgehead atoms. The van der Waals surface area contributed by atoms with Crippen molar-refractivity contribution in [2.75, 3.05) is 7.05 Å². The Balaban J connectivity index is 1.62. The Bertz CT molecular complexity index is 1140. The Morgan fingerprint density at radius 3 is 2.79 bits per heavy atom. The molecule has 0 saturated heterocycles. The summed E-state index contributed by atoms with van der Waals surface area (Å²) in [6.45, 7) is 3.80. The number of nitrogens with one attached hydrogen (secondary N) is 1. The highest BCUT2D eigenvalue weighted by Gasteiger charge is 2.28. The number of thiophene rings is 1. The number of likely N-dealkylation sites (N-methyl/N-ethyl adjacent to an activating group) is 1. The molecule has 4 aromatic rings. The van der Waals surface area contributed by atoms with Crippen molar-refractivity contribution < 1.29 is 9.21 Å². The number of hydrogen-bond acceptors (Lipinski definition) is 5. The highest BCUT2D eigenvalue weighted by atomic mass is 32.1. The molecule has 3 heterocycles. The van der Waals surface area contributed by atoms with Gasteiger partial charge in [-0.2, -0.15) is 5.10 Å². The highest BCUT2D eigenvalue weighted by molar-refractivity contribution is 7.71. The zero-order chi connectivity index (χ0) is 19.8. The third-order valence-electron chi connectivity index (χ3n) is 4.98. The first-order valence-corrected chi connectivity index (χ1v) is 10.2. The van der Waals surface area contributed by atoms with Crippen LogP contribution in [0.4, 0.5) is 0 Å². The number of rotatable bonds is 5. The van der Waals surface area contributed by atoms with Crippen molar-refractivity contribution in [2.45, 2.75) is 25.9 Å². The summed E-state index contributed by atoms with van der Waals surface area (Å²) in [7, 11) is 1.78. The SMILES string of the molecule is CC(c1cc2ccccc2o1)N(C)C(=O)C(C)n1c(-c2cccs2)n[nH]c1=S. The molecular weight excluding hydrogens is 392 g/mol. The van der Waals surface area contributed by atoms with Gasteiger partial charge in [0.1, 0.15) is 17.4 Å². The molecule has 0 fully saturated rings. The van der Waals surface area contributed by atoms with E-state index in [2.05, 4.69) is 10.2 Å². The molecule has 2 atom stereocenters. The molecule has 8 heteroatoms. The molecule has 3 aromatic heterocycles. The molecule has 2 unspecified atom stereocenters. The smallest absolute Gasteiger partial charge is 0.245 e. The van der Waals surface area contributed by atoms with Gasteiger partial charge in [-0.15, -0.1) is 11.3 Å². The maximum Gasteiger partial charge on any atom is 0.245 e. The van der Waals surface area contributed by atoms with Crippen LogP contribution in [0, 0.1) is 4.77 Å². The summed E-state index contributed by atoms with van der Waals surface area (Å²) in [6.07, 6.45) is 0. The molecule has 28 heavy (non-hydrogen) atoms. The summed E-state index contributed by atoms with van der Waals surface area (Å²) in [5, 5.41) is 10.1. The maximum atomic E-state index is 13.2. The number of aromatic amines is 1. The average molecular weight is 413 g/mol. The second-order valence-electron chi connectivity index (χ2n) is 6.69. The van der Waals surface area contributed by atoms with Gasteiger partial charge >= 0.3 is 0 Å². The lowest BCUT2D eigenvalue weighted by molar-refractivity contribution is -0.135. The van der Waals surface area contributed by atoms with Crippen molar-refractivity contribution in [3.05, 3.63) is 58.4 Å². The lowest BCUT2D eigenvalue weighted by Crippen LogP contribution is -2.35. The lowest BCUT2D eigenvalue weighted by Gasteiger charge is -2.27. The van der Waals surface area contributed by atoms with E-state index in [1.54, 1.807) is 27.9 Å². The van der Waals surface area contributed by atoms with Crippen LogP contribution < -0.4 is 0 Å². The van der Waals surface area contributed by atoms with E-state index in [9.17, 15) is 4.79 Å². The van der Waals surface area contributed by atoms with Crippen molar-refractivity contribution in [3.8, 4) is 10.7 Å². The predicted molar refractivity (Wildman–Crippen MR) is 113 cm³/mol. The summed E-state index contributed by atoms with van der Waals surface area (Å²) in [5.74, 6) is 1.35. The largest absolute Gasteiger partial charge is 0.459 e. The van der Waals surface area contributed by atoms with Gasteiger partial charge in [-0.25, -0.2) is 0 Å². The fourth-order valence-electron chi connectivity index (χ4n) is 3.24. The standard InChI is InChI=1S/C20H20N4O2S2/c1-12(16-11-14-7-4-5-8-15(14)26-16)23(3)19(25)13(2)24-18(21-22-20(24)27)17-9-6-10-28-17/h4-13H,1-3H3,(H,22,27). The Morgan fingerprint density at radius 2 is 2.07 bits per heavy atom. The van der Waals surface area contributed by atoms with Crippen LogP contribution in [0.3, 0.4) is 0 Å². The number of nitrogens with zero attached hydrogens (tertiary/aromatic N) is 3. The lowest BCUT2D eigenvalue weighted by atomic mass is 10.1. The van der Waals surface area contributed by atoms with Crippen LogP contribution in [0.15, 0.2) is 52.3 Å². The average Bonchev–Trinajstić information content (AvgIpc) is 3.44. The Hall–Kier alpha value is -2.71. The van der Waals surface area contributed by atoms with E-state index >= 15 is 0 Å². The van der Waals surface area contributed by atoms with Crippen molar-refractivity contribution in [1.29, 1.82) is 0 Å². The zero-order valence-corrected chi connectivity index (χ0v) is 17.4. The van der Waals surface area contributed by atoms with Gasteiger partial charge in [0, 0.05) is 12.4 Å². The number of aromatic nitrogens is 3. The molecule has 0 aliphatic rings. The quantitative estimate of drug-likeness (QED) is 0.458. The first kappa shape index (κ1) is 18.6. The molecule has 1 aromatic carbocycles. The van der Waals surface area contributed by atoms with E-state index in [0.717, 1.165) is 21.6 Å². The molecule has 0 radical (unpaired) electrons. The first-order chi connectivity index (χ1) is 13.5. The molecule has 6 nitrogen and oxygen atoms in total. The molecule has 0 aliphatic heterocycles. The first-order valence-electron chi connectivity index (χ1n) is 8.93. The summed E-state index contributed by atoms with van der Waals surface area (Å²) in [6, 6.07) is 13.0. The molecule has 4 rings (SSSR count). The van der Waals surface area contributed by atoms with Gasteiger partial charge in [0.25, 0.3) is 0 Å². The van der Waals surface area contributed by atoms with Gasteiger partial charge in [-0.1, -0.05) is 24.3 Å². The number of para-hydroxylation sites is 1. The summed E-state index contributed by atoms with van der Waals surface area (Å²) < 4.78 is 8.13. The van der Waals surface area contributed by atoms with Crippen molar-refractivity contribution in [1.82, 2.24) is 19.7 Å². The summed E-state index contributed by atoms with van der Waals surface area (Å²) >= 11 is 6.95. The third kappa shape index (κ3) is 3.18. The maximum absolute atomic E-state index is 13.2. The topological polar surface area (TPSA) is 67.1 Å². The number of hydrogen-bond donors (Lipinski definition) is 1. The zero-order valence-electron chi connectivity index (χ0n) is 15.7. The van der Waals surface area contributed by atoms with Gasteiger partial charge in [0.2, 0.25) is 5.91 Å². The van der Waals surface area contributed by atoms with Crippen LogP contribution >= 0.6 is 23.6 Å². The van der Waals surface area contributed by atoms with Crippen molar-refractivity contribution in [2.24, 2.45) is 0 Å². The molecular formula is C20H20N4O2S2. The Labute approximate surface area is 171 Å². The van der Waals surface area contributed by atoms with Crippen molar-refractivity contribution in [3.63, 3.8) is 0 Å². The fraction of sp³-hybridized carbons (Fsp3) is 0.250. The van der Waals surface area contributed by atoms with E-state index in [1.807, 2.05) is 61.7 Å². The Kier molecular flexibility index (Phi) is 4.91. The highest BCUT2D eigenvalue weighted by Crippen LogP contribution is 2.30. The minimum absolute atomic E-state index is 0.0664. The van der Waals surface area contributed by atoms with Crippen LogP contribution in [0.1, 0.15) is 31.7 Å². The Morgan fingerprint density at radius 1 is 1.29 bits per heavy atom. The normalized spacial score (nSPS) is 13.5. The summed E-state index contributed by atoms with van der Waals surface area (Å²) in [4.78, 5) is 15.9. The number of furan rings is 1. The van der Waals surface area contributed by atoms with Gasteiger partial charge in [0.05, 0.1) is 10.9 Å². The number of amides is 1. The third-order valence-corrected chi connectivity index (χ3v) is 6.13. The number of carbonyl (C=O) groups is 1. The molecule has 1 N–H and O–H groups in total. The second kappa shape index (κ2) is 7.37. The number of H-pyrrole nitrogens is 1. The van der Waals surface area contributed by atoms with Crippen LogP contribution in [-0.2, 0) is 4.79 Å². The second-order valence-corrected chi connectivity index (χ2v) is 8.02. The van der Waals surface area contributed by atoms with E-state index < -0.39 is 6.04 Å². The number of carbonyl (C=O) groups excluding carboxylic acids is 1. The van der Waals surface area contributed by atoms with Crippen LogP contribution in [0.25, 0.3) is 21.7 Å². The monoisotopic (exact) mass is 412 g/mol. The van der Waals surface area contributed by atoms with Gasteiger partial charge in [-0.05, 0) is 49.6 Å². The van der Waals surface area contributed by atoms with Crippen LogP contribution in [0.5, 0.6) is 0 Å². The van der Waals surface area contributed by atoms with E-state index in [-0.39, 0.29) is 11.9 Å². The minimum atomic E-state index is -0.500. The van der Waals surface area contributed by atoms with E-state index in [1.165, 1.54) is 0 Å². The molecule has 0 saturated carbocycles. The predicted octanol–water partition coefficient (Wildman–Crippen LogP) is 5.20. The molecule has 144 valence electrons. The van der Waals surface area contributed by atoms with Crippen molar-refractivity contribution >= 4 is 40.4 Å². The van der Waals surface area contributed by atoms with Crippen LogP contribution in [-0.4, -0.2) is 32.6 Å². The van der Waals surface area contributed by atoms with E-state index in [4.69, 9.17) is 16.6 Å². The molecule has 0 aliphatic carbocycles. The van der Waals surface area contributed by atoms with Gasteiger partial charge < -0.3 is 9.32 Å². The fourth-order valence-corrected chi connectivity index (χ4v) is 4.24. The summed E-state index contributed by atoms with van der Waals surface area (Å²) in [5.41, 5.74) is 0.815. The molecule has 0 spiro atoms. The number of fused-ring (bicyclic) bond motifs is 1. The van der Waals surface area contributed by atoms with E-state index in [0.29, 0.717) is 10.6 Å². The molecule has 1 amide bonds. The number of benzene rings is 1. The van der Waals surface area contributed by atoms with Crippen LogP contribution in [0.2, 0.25) is 0 Å².